The molecule has 7 nitrogen and oxygen atoms in total. The lowest BCUT2D eigenvalue weighted by Crippen LogP contribution is -2.41. The van der Waals surface area contributed by atoms with E-state index in [1.807, 2.05) is 20.8 Å². The summed E-state index contributed by atoms with van der Waals surface area (Å²) in [7, 11) is -1.82. The zero-order valence-electron chi connectivity index (χ0n) is 15.5. The molecule has 0 saturated heterocycles. The summed E-state index contributed by atoms with van der Waals surface area (Å²) in [5, 5.41) is 7.34. The summed E-state index contributed by atoms with van der Waals surface area (Å²) < 4.78 is 27.0. The average Bonchev–Trinajstić information content (AvgIpc) is 2.92. The van der Waals surface area contributed by atoms with Gasteiger partial charge in [0.2, 0.25) is 10.0 Å². The minimum Gasteiger partial charge on any atom is -0.355 e. The average molecular weight is 396 g/mol. The number of guanidine groups is 1. The van der Waals surface area contributed by atoms with Gasteiger partial charge >= 0.3 is 0 Å². The van der Waals surface area contributed by atoms with Crippen molar-refractivity contribution < 1.29 is 8.42 Å². The van der Waals surface area contributed by atoms with Crippen molar-refractivity contribution in [3.63, 3.8) is 0 Å². The highest BCUT2D eigenvalue weighted by atomic mass is 32.2. The van der Waals surface area contributed by atoms with E-state index in [0.29, 0.717) is 19.0 Å². The van der Waals surface area contributed by atoms with E-state index < -0.39 is 10.0 Å². The number of rotatable bonds is 7. The zero-order chi connectivity index (χ0) is 19.2. The Morgan fingerprint density at radius 1 is 1.12 bits per heavy atom. The van der Waals surface area contributed by atoms with Gasteiger partial charge in [-0.3, -0.25) is 4.99 Å². The summed E-state index contributed by atoms with van der Waals surface area (Å²) in [5.41, 5.74) is 2.04. The molecule has 1 aromatic carbocycles. The van der Waals surface area contributed by atoms with Crippen molar-refractivity contribution in [1.82, 2.24) is 20.3 Å². The van der Waals surface area contributed by atoms with Crippen molar-refractivity contribution in [2.45, 2.75) is 32.2 Å². The number of nitrogens with one attached hydrogen (secondary N) is 3. The molecule has 0 atom stereocenters. The lowest BCUT2D eigenvalue weighted by atomic mass is 10.2. The highest BCUT2D eigenvalue weighted by Crippen LogP contribution is 2.16. The first-order valence-corrected chi connectivity index (χ1v) is 10.6. The second-order valence-electron chi connectivity index (χ2n) is 5.80. The number of aryl methyl sites for hydroxylation is 3. The molecule has 0 aliphatic heterocycles. The molecule has 1 heterocycles. The lowest BCUT2D eigenvalue weighted by Gasteiger charge is -2.12. The fraction of sp³-hybridized carbons (Fsp3) is 0.412. The molecule has 0 fully saturated rings. The number of thiazole rings is 1. The van der Waals surface area contributed by atoms with Crippen molar-refractivity contribution in [1.29, 1.82) is 0 Å². The number of hydrogen-bond donors (Lipinski definition) is 3. The standard InChI is InChI=1S/C17H25N5O2S2/c1-12-5-7-15(8-6-12)26(23,24)21-10-9-19-17(18-4)20-11-16-13(2)22-14(3)25-16/h5-8,21H,9-11H2,1-4H3,(H2,18,19,20). The molecule has 0 bridgehead atoms. The first-order chi connectivity index (χ1) is 12.3. The van der Waals surface area contributed by atoms with Gasteiger partial charge in [-0.25, -0.2) is 18.1 Å². The molecule has 2 aromatic rings. The van der Waals surface area contributed by atoms with Gasteiger partial charge in [-0.15, -0.1) is 11.3 Å². The Balaban J connectivity index is 1.78. The van der Waals surface area contributed by atoms with Crippen LogP contribution in [-0.2, 0) is 16.6 Å². The van der Waals surface area contributed by atoms with Crippen molar-refractivity contribution >= 4 is 27.3 Å². The summed E-state index contributed by atoms with van der Waals surface area (Å²) in [5.74, 6) is 0.616. The van der Waals surface area contributed by atoms with E-state index in [-0.39, 0.29) is 11.4 Å². The number of nitrogens with zero attached hydrogens (tertiary/aromatic N) is 2. The van der Waals surface area contributed by atoms with Gasteiger partial charge in [0.25, 0.3) is 0 Å². The van der Waals surface area contributed by atoms with E-state index in [9.17, 15) is 8.42 Å². The number of benzene rings is 1. The molecule has 26 heavy (non-hydrogen) atoms. The Bertz CT molecular complexity index is 858. The monoisotopic (exact) mass is 395 g/mol. The van der Waals surface area contributed by atoms with Gasteiger partial charge in [-0.2, -0.15) is 0 Å². The van der Waals surface area contributed by atoms with E-state index in [1.54, 1.807) is 42.6 Å². The normalized spacial score (nSPS) is 12.2. The lowest BCUT2D eigenvalue weighted by molar-refractivity contribution is 0.580. The maximum Gasteiger partial charge on any atom is 0.240 e. The van der Waals surface area contributed by atoms with Crippen LogP contribution < -0.4 is 15.4 Å². The molecular weight excluding hydrogens is 370 g/mol. The summed E-state index contributed by atoms with van der Waals surface area (Å²) in [6.45, 7) is 7.19. The first-order valence-electron chi connectivity index (χ1n) is 8.25. The van der Waals surface area contributed by atoms with Crippen LogP contribution in [0, 0.1) is 20.8 Å². The molecule has 0 aliphatic carbocycles. The smallest absolute Gasteiger partial charge is 0.240 e. The van der Waals surface area contributed by atoms with Gasteiger partial charge in [0.05, 0.1) is 22.1 Å². The molecule has 0 radical (unpaired) electrons. The number of sulfonamides is 1. The minimum absolute atomic E-state index is 0.260. The number of aliphatic imine (C=N–C) groups is 1. The molecular formula is C17H25N5O2S2. The summed E-state index contributed by atoms with van der Waals surface area (Å²) in [6.07, 6.45) is 0. The number of hydrogen-bond acceptors (Lipinski definition) is 5. The maximum atomic E-state index is 12.2. The van der Waals surface area contributed by atoms with Crippen LogP contribution in [0.2, 0.25) is 0 Å². The first kappa shape index (κ1) is 20.3. The van der Waals surface area contributed by atoms with Crippen LogP contribution >= 0.6 is 11.3 Å². The van der Waals surface area contributed by atoms with Gasteiger partial charge in [0.1, 0.15) is 0 Å². The molecule has 0 amide bonds. The van der Waals surface area contributed by atoms with Crippen molar-refractivity contribution in [3.05, 3.63) is 45.4 Å². The summed E-state index contributed by atoms with van der Waals surface area (Å²) in [4.78, 5) is 9.96. The summed E-state index contributed by atoms with van der Waals surface area (Å²) in [6, 6.07) is 6.76. The van der Waals surface area contributed by atoms with E-state index in [4.69, 9.17) is 0 Å². The van der Waals surface area contributed by atoms with Gasteiger partial charge in [0.15, 0.2) is 5.96 Å². The Morgan fingerprint density at radius 2 is 1.81 bits per heavy atom. The Labute approximate surface area is 159 Å². The molecule has 0 aliphatic rings. The van der Waals surface area contributed by atoms with Gasteiger partial charge in [-0.05, 0) is 32.9 Å². The van der Waals surface area contributed by atoms with Crippen molar-refractivity contribution in [3.8, 4) is 0 Å². The molecule has 0 spiro atoms. The van der Waals surface area contributed by atoms with Gasteiger partial charge < -0.3 is 10.6 Å². The third kappa shape index (κ3) is 5.79. The van der Waals surface area contributed by atoms with E-state index >= 15 is 0 Å². The topological polar surface area (TPSA) is 95.5 Å². The quantitative estimate of drug-likeness (QED) is 0.377. The minimum atomic E-state index is -3.50. The molecule has 9 heteroatoms. The van der Waals surface area contributed by atoms with Crippen molar-refractivity contribution in [2.24, 2.45) is 4.99 Å². The van der Waals surface area contributed by atoms with E-state index in [1.165, 1.54) is 0 Å². The Morgan fingerprint density at radius 3 is 2.38 bits per heavy atom. The van der Waals surface area contributed by atoms with E-state index in [0.717, 1.165) is 21.1 Å². The van der Waals surface area contributed by atoms with Crippen LogP contribution in [0.1, 0.15) is 21.1 Å². The highest BCUT2D eigenvalue weighted by molar-refractivity contribution is 7.89. The van der Waals surface area contributed by atoms with E-state index in [2.05, 4.69) is 25.3 Å². The maximum absolute atomic E-state index is 12.2. The fourth-order valence-electron chi connectivity index (χ4n) is 2.29. The second kappa shape index (κ2) is 9.11. The van der Waals surface area contributed by atoms with Crippen LogP contribution in [0.25, 0.3) is 0 Å². The predicted octanol–water partition coefficient (Wildman–Crippen LogP) is 1.71. The molecule has 0 unspecified atom stereocenters. The van der Waals surface area contributed by atoms with Crippen LogP contribution in [0.15, 0.2) is 34.2 Å². The van der Waals surface area contributed by atoms with Gasteiger partial charge in [0, 0.05) is 25.0 Å². The van der Waals surface area contributed by atoms with Crippen LogP contribution in [-0.4, -0.2) is 39.5 Å². The second-order valence-corrected chi connectivity index (χ2v) is 8.86. The number of aromatic nitrogens is 1. The fourth-order valence-corrected chi connectivity index (χ4v) is 4.20. The Hall–Kier alpha value is -1.97. The molecule has 142 valence electrons. The molecule has 3 N–H and O–H groups in total. The molecule has 1 aromatic heterocycles. The van der Waals surface area contributed by atoms with Crippen LogP contribution in [0.4, 0.5) is 0 Å². The third-order valence-corrected chi connectivity index (χ3v) is 6.23. The van der Waals surface area contributed by atoms with Crippen LogP contribution in [0.3, 0.4) is 0 Å². The van der Waals surface area contributed by atoms with Crippen molar-refractivity contribution in [2.75, 3.05) is 20.1 Å². The summed E-state index contributed by atoms with van der Waals surface area (Å²) >= 11 is 1.65. The highest BCUT2D eigenvalue weighted by Gasteiger charge is 2.12. The third-order valence-electron chi connectivity index (χ3n) is 3.68. The van der Waals surface area contributed by atoms with Crippen LogP contribution in [0.5, 0.6) is 0 Å². The molecule has 2 rings (SSSR count). The SMILES string of the molecule is CN=C(NCCNS(=O)(=O)c1ccc(C)cc1)NCc1sc(C)nc1C. The predicted molar refractivity (Wildman–Crippen MR) is 106 cm³/mol. The van der Waals surface area contributed by atoms with Gasteiger partial charge in [-0.1, -0.05) is 17.7 Å². The molecule has 0 saturated carbocycles. The zero-order valence-corrected chi connectivity index (χ0v) is 17.1. The Kier molecular flexibility index (Phi) is 7.13. The largest absolute Gasteiger partial charge is 0.355 e.